The second kappa shape index (κ2) is 6.35. The summed E-state index contributed by atoms with van der Waals surface area (Å²) in [7, 11) is 3.07. The van der Waals surface area contributed by atoms with Crippen LogP contribution >= 0.6 is 11.6 Å². The molecule has 0 aromatic heterocycles. The van der Waals surface area contributed by atoms with Crippen molar-refractivity contribution < 1.29 is 14.3 Å². The van der Waals surface area contributed by atoms with Crippen LogP contribution in [0.4, 0.5) is 5.69 Å². The van der Waals surface area contributed by atoms with E-state index in [2.05, 4.69) is 5.32 Å². The van der Waals surface area contributed by atoms with E-state index in [-0.39, 0.29) is 11.8 Å². The van der Waals surface area contributed by atoms with Gasteiger partial charge in [0.05, 0.1) is 30.8 Å². The van der Waals surface area contributed by atoms with Gasteiger partial charge >= 0.3 is 0 Å². The van der Waals surface area contributed by atoms with E-state index in [0.717, 1.165) is 0 Å². The summed E-state index contributed by atoms with van der Waals surface area (Å²) >= 11 is 5.99. The van der Waals surface area contributed by atoms with Crippen molar-refractivity contribution in [1.29, 1.82) is 0 Å². The van der Waals surface area contributed by atoms with Crippen molar-refractivity contribution in [2.75, 3.05) is 26.1 Å². The maximum atomic E-state index is 11.0. The van der Waals surface area contributed by atoms with E-state index in [1.165, 1.54) is 7.11 Å². The summed E-state index contributed by atoms with van der Waals surface area (Å²) < 4.78 is 10.3. The number of nitrogens with one attached hydrogen (secondary N) is 1. The fourth-order valence-corrected chi connectivity index (χ4v) is 1.59. The van der Waals surface area contributed by atoms with Crippen LogP contribution in [0.2, 0.25) is 5.02 Å². The van der Waals surface area contributed by atoms with E-state index in [4.69, 9.17) is 26.8 Å². The molecule has 18 heavy (non-hydrogen) atoms. The molecule has 6 heteroatoms. The smallest absolute Gasteiger partial charge is 0.222 e. The number of hydrogen-bond acceptors (Lipinski definition) is 4. The van der Waals surface area contributed by atoms with Crippen LogP contribution in [-0.2, 0) is 4.79 Å². The Kier molecular flexibility index (Phi) is 5.09. The van der Waals surface area contributed by atoms with Crippen LogP contribution in [0.5, 0.6) is 11.5 Å². The zero-order valence-electron chi connectivity index (χ0n) is 10.6. The number of benzene rings is 1. The van der Waals surface area contributed by atoms with E-state index >= 15 is 0 Å². The Morgan fingerprint density at radius 2 is 2.00 bits per heavy atom. The molecular weight excluding hydrogens is 256 g/mol. The van der Waals surface area contributed by atoms with Crippen LogP contribution in [0.25, 0.3) is 0 Å². The summed E-state index contributed by atoms with van der Waals surface area (Å²) in [4.78, 5) is 11.0. The number of nitrogens with two attached hydrogens (primary N) is 1. The van der Waals surface area contributed by atoms with Gasteiger partial charge in [0.2, 0.25) is 5.91 Å². The molecule has 5 nitrogen and oxygen atoms in total. The standard InChI is InChI=1S/C12H17ClN2O3/c1-7(12(14)16)6-15-9-5-10(17-2)8(13)4-11(9)18-3/h4-5,7,15H,6H2,1-3H3,(H2,14,16). The van der Waals surface area contributed by atoms with Crippen LogP contribution < -0.4 is 20.5 Å². The topological polar surface area (TPSA) is 73.6 Å². The molecule has 0 bridgehead atoms. The number of amides is 1. The molecule has 0 saturated carbocycles. The Balaban J connectivity index is 2.89. The number of primary amides is 1. The molecule has 0 heterocycles. The van der Waals surface area contributed by atoms with E-state index in [0.29, 0.717) is 28.8 Å². The number of carbonyl (C=O) groups is 1. The Morgan fingerprint density at radius 1 is 1.39 bits per heavy atom. The Labute approximate surface area is 111 Å². The van der Waals surface area contributed by atoms with Crippen LogP contribution in [0.1, 0.15) is 6.92 Å². The number of carbonyl (C=O) groups excluding carboxylic acids is 1. The van der Waals surface area contributed by atoms with Crippen molar-refractivity contribution in [3.8, 4) is 11.5 Å². The summed E-state index contributed by atoms with van der Waals surface area (Å²) in [5.74, 6) is 0.475. The first-order valence-electron chi connectivity index (χ1n) is 5.44. The van der Waals surface area contributed by atoms with Gasteiger partial charge in [-0.3, -0.25) is 4.79 Å². The van der Waals surface area contributed by atoms with E-state index in [9.17, 15) is 4.79 Å². The number of rotatable bonds is 6. The molecule has 1 aromatic rings. The van der Waals surface area contributed by atoms with Crippen LogP contribution in [0.3, 0.4) is 0 Å². The van der Waals surface area contributed by atoms with Gasteiger partial charge in [0.25, 0.3) is 0 Å². The number of anilines is 1. The number of ether oxygens (including phenoxy) is 2. The minimum Gasteiger partial charge on any atom is -0.495 e. The first kappa shape index (κ1) is 14.4. The van der Waals surface area contributed by atoms with E-state index < -0.39 is 0 Å². The molecule has 0 aliphatic heterocycles. The van der Waals surface area contributed by atoms with Gasteiger partial charge in [0, 0.05) is 18.7 Å². The number of methoxy groups -OCH3 is 2. The average Bonchev–Trinajstić information content (AvgIpc) is 2.36. The quantitative estimate of drug-likeness (QED) is 0.829. The molecule has 0 saturated heterocycles. The molecule has 0 aliphatic carbocycles. The maximum Gasteiger partial charge on any atom is 0.222 e. The minimum absolute atomic E-state index is 0.281. The van der Waals surface area contributed by atoms with Crippen molar-refractivity contribution in [2.45, 2.75) is 6.92 Å². The molecule has 1 atom stereocenters. The summed E-state index contributed by atoms with van der Waals surface area (Å²) in [6, 6.07) is 3.37. The molecule has 0 fully saturated rings. The van der Waals surface area contributed by atoms with Gasteiger partial charge in [-0.15, -0.1) is 0 Å². The van der Waals surface area contributed by atoms with Gasteiger partial charge in [-0.25, -0.2) is 0 Å². The molecule has 1 amide bonds. The van der Waals surface area contributed by atoms with E-state index in [1.54, 1.807) is 26.2 Å². The summed E-state index contributed by atoms with van der Waals surface area (Å²) in [5.41, 5.74) is 5.90. The first-order chi connectivity index (χ1) is 8.49. The van der Waals surface area contributed by atoms with Gasteiger partial charge < -0.3 is 20.5 Å². The van der Waals surface area contributed by atoms with Gasteiger partial charge in [0.1, 0.15) is 11.5 Å². The lowest BCUT2D eigenvalue weighted by atomic mass is 10.1. The van der Waals surface area contributed by atoms with Crippen molar-refractivity contribution in [3.63, 3.8) is 0 Å². The van der Waals surface area contributed by atoms with Gasteiger partial charge in [-0.2, -0.15) is 0 Å². The zero-order valence-corrected chi connectivity index (χ0v) is 11.4. The third-order valence-corrected chi connectivity index (χ3v) is 2.85. The summed E-state index contributed by atoms with van der Waals surface area (Å²) in [6.45, 7) is 2.16. The fraction of sp³-hybridized carbons (Fsp3) is 0.417. The van der Waals surface area contributed by atoms with Gasteiger partial charge in [0.15, 0.2) is 0 Å². The second-order valence-corrected chi connectivity index (χ2v) is 4.28. The van der Waals surface area contributed by atoms with Crippen molar-refractivity contribution >= 4 is 23.2 Å². The van der Waals surface area contributed by atoms with Crippen LogP contribution in [0, 0.1) is 5.92 Å². The highest BCUT2D eigenvalue weighted by Gasteiger charge is 2.12. The molecule has 1 aromatic carbocycles. The monoisotopic (exact) mass is 272 g/mol. The van der Waals surface area contributed by atoms with Crippen molar-refractivity contribution in [3.05, 3.63) is 17.2 Å². The summed E-state index contributed by atoms with van der Waals surface area (Å²) in [5, 5.41) is 3.54. The Morgan fingerprint density at radius 3 is 2.50 bits per heavy atom. The molecule has 0 aliphatic rings. The minimum atomic E-state index is -0.359. The van der Waals surface area contributed by atoms with Crippen LogP contribution in [0.15, 0.2) is 12.1 Å². The molecule has 1 rings (SSSR count). The lowest BCUT2D eigenvalue weighted by molar-refractivity contribution is -0.120. The Bertz CT molecular complexity index is 438. The second-order valence-electron chi connectivity index (χ2n) is 3.87. The maximum absolute atomic E-state index is 11.0. The average molecular weight is 273 g/mol. The lowest BCUT2D eigenvalue weighted by Crippen LogP contribution is -2.26. The van der Waals surface area contributed by atoms with Gasteiger partial charge in [-0.1, -0.05) is 18.5 Å². The predicted molar refractivity (Wildman–Crippen MR) is 71.4 cm³/mol. The fourth-order valence-electron chi connectivity index (χ4n) is 1.36. The van der Waals surface area contributed by atoms with Crippen molar-refractivity contribution in [1.82, 2.24) is 0 Å². The molecule has 3 N–H and O–H groups in total. The predicted octanol–water partition coefficient (Wildman–Crippen LogP) is 1.89. The highest BCUT2D eigenvalue weighted by molar-refractivity contribution is 6.32. The van der Waals surface area contributed by atoms with Gasteiger partial charge in [-0.05, 0) is 0 Å². The van der Waals surface area contributed by atoms with Crippen molar-refractivity contribution in [2.24, 2.45) is 11.7 Å². The van der Waals surface area contributed by atoms with E-state index in [1.807, 2.05) is 0 Å². The number of hydrogen-bond donors (Lipinski definition) is 2. The number of halogens is 1. The molecule has 100 valence electrons. The third kappa shape index (κ3) is 3.43. The third-order valence-electron chi connectivity index (χ3n) is 2.56. The first-order valence-corrected chi connectivity index (χ1v) is 5.82. The normalized spacial score (nSPS) is 11.8. The highest BCUT2D eigenvalue weighted by Crippen LogP contribution is 2.35. The largest absolute Gasteiger partial charge is 0.495 e. The molecule has 1 unspecified atom stereocenters. The lowest BCUT2D eigenvalue weighted by Gasteiger charge is -2.15. The summed E-state index contributed by atoms with van der Waals surface area (Å²) in [6.07, 6.45) is 0. The molecule has 0 spiro atoms. The SMILES string of the molecule is COc1cc(NCC(C)C(N)=O)c(OC)cc1Cl. The zero-order chi connectivity index (χ0) is 13.7. The van der Waals surface area contributed by atoms with Crippen LogP contribution in [-0.4, -0.2) is 26.7 Å². The Hall–Kier alpha value is -1.62. The molecule has 0 radical (unpaired) electrons. The molecular formula is C12H17ClN2O3. The highest BCUT2D eigenvalue weighted by atomic mass is 35.5.